The summed E-state index contributed by atoms with van der Waals surface area (Å²) < 4.78 is 0. The third-order valence-electron chi connectivity index (χ3n) is 2.48. The summed E-state index contributed by atoms with van der Waals surface area (Å²) in [4.78, 5) is 26.3. The van der Waals surface area contributed by atoms with Gasteiger partial charge in [-0.3, -0.25) is 20.2 Å². The average molecular weight is 260 g/mol. The number of hydrogen-bond acceptors (Lipinski definition) is 5. The number of para-hydroxylation sites is 1. The lowest BCUT2D eigenvalue weighted by atomic mass is 10.2. The van der Waals surface area contributed by atoms with Crippen molar-refractivity contribution in [3.63, 3.8) is 0 Å². The van der Waals surface area contributed by atoms with Gasteiger partial charge in [0.2, 0.25) is 5.88 Å². The van der Waals surface area contributed by atoms with Crippen molar-refractivity contribution in [1.29, 1.82) is 0 Å². The van der Waals surface area contributed by atoms with Crippen molar-refractivity contribution in [3.8, 4) is 5.88 Å². The van der Waals surface area contributed by atoms with Crippen LogP contribution in [0.2, 0.25) is 0 Å². The van der Waals surface area contributed by atoms with Gasteiger partial charge < -0.3 is 5.11 Å². The molecule has 1 heterocycles. The van der Waals surface area contributed by atoms with Gasteiger partial charge in [-0.05, 0) is 18.6 Å². The van der Waals surface area contributed by atoms with Crippen LogP contribution in [-0.4, -0.2) is 21.3 Å². The van der Waals surface area contributed by atoms with E-state index in [4.69, 9.17) is 0 Å². The lowest BCUT2D eigenvalue weighted by Gasteiger charge is -2.03. The molecule has 0 bridgehead atoms. The SMILES string of the molecule is Cc1ccccc1N/N=C/c1c(O)[nH]c(=O)[nH]c1=O. The number of hydrazone groups is 1. The minimum Gasteiger partial charge on any atom is -0.494 e. The maximum absolute atomic E-state index is 11.4. The van der Waals surface area contributed by atoms with E-state index in [0.717, 1.165) is 17.5 Å². The lowest BCUT2D eigenvalue weighted by molar-refractivity contribution is 0.447. The number of aromatic nitrogens is 2. The third kappa shape index (κ3) is 2.89. The van der Waals surface area contributed by atoms with Crippen molar-refractivity contribution < 1.29 is 5.11 Å². The molecule has 0 radical (unpaired) electrons. The summed E-state index contributed by atoms with van der Waals surface area (Å²) in [5.74, 6) is -0.524. The van der Waals surface area contributed by atoms with Gasteiger partial charge in [0.25, 0.3) is 5.56 Å². The smallest absolute Gasteiger partial charge is 0.328 e. The fourth-order valence-corrected chi connectivity index (χ4v) is 1.47. The Kier molecular flexibility index (Phi) is 3.46. The topological polar surface area (TPSA) is 110 Å². The number of nitrogens with zero attached hydrogens (tertiary/aromatic N) is 1. The second-order valence-electron chi connectivity index (χ2n) is 3.86. The summed E-state index contributed by atoms with van der Waals surface area (Å²) >= 11 is 0. The minimum absolute atomic E-state index is 0.124. The van der Waals surface area contributed by atoms with Crippen LogP contribution >= 0.6 is 0 Å². The second kappa shape index (κ2) is 5.21. The van der Waals surface area contributed by atoms with E-state index in [1.807, 2.05) is 36.2 Å². The van der Waals surface area contributed by atoms with Gasteiger partial charge in [-0.2, -0.15) is 5.10 Å². The van der Waals surface area contributed by atoms with Gasteiger partial charge in [-0.1, -0.05) is 18.2 Å². The van der Waals surface area contributed by atoms with Crippen LogP contribution in [0.15, 0.2) is 39.0 Å². The Morgan fingerprint density at radius 2 is 2.00 bits per heavy atom. The first-order valence-corrected chi connectivity index (χ1v) is 5.48. The molecule has 19 heavy (non-hydrogen) atoms. The van der Waals surface area contributed by atoms with E-state index in [1.54, 1.807) is 0 Å². The van der Waals surface area contributed by atoms with Crippen LogP contribution < -0.4 is 16.7 Å². The predicted molar refractivity (Wildman–Crippen MR) is 71.7 cm³/mol. The van der Waals surface area contributed by atoms with Crippen LogP contribution in [0.5, 0.6) is 5.88 Å². The fourth-order valence-electron chi connectivity index (χ4n) is 1.47. The molecule has 0 fully saturated rings. The number of rotatable bonds is 3. The normalized spacial score (nSPS) is 10.8. The number of H-pyrrole nitrogens is 2. The van der Waals surface area contributed by atoms with Crippen LogP contribution in [0.3, 0.4) is 0 Å². The van der Waals surface area contributed by atoms with E-state index in [0.29, 0.717) is 0 Å². The molecule has 0 aliphatic heterocycles. The highest BCUT2D eigenvalue weighted by atomic mass is 16.3. The first kappa shape index (κ1) is 12.6. The summed E-state index contributed by atoms with van der Waals surface area (Å²) in [6.07, 6.45) is 1.14. The number of anilines is 1. The van der Waals surface area contributed by atoms with Crippen molar-refractivity contribution >= 4 is 11.9 Å². The number of hydrogen-bond donors (Lipinski definition) is 4. The Balaban J connectivity index is 2.23. The molecule has 0 saturated carbocycles. The zero-order valence-corrected chi connectivity index (χ0v) is 10.1. The summed E-state index contributed by atoms with van der Waals surface area (Å²) in [7, 11) is 0. The average Bonchev–Trinajstić information content (AvgIpc) is 2.34. The third-order valence-corrected chi connectivity index (χ3v) is 2.48. The van der Waals surface area contributed by atoms with Crippen LogP contribution in [0.1, 0.15) is 11.1 Å². The first-order chi connectivity index (χ1) is 9.08. The molecular formula is C12H12N4O3. The fraction of sp³-hybridized carbons (Fsp3) is 0.0833. The molecule has 2 aromatic rings. The summed E-state index contributed by atoms with van der Waals surface area (Å²) in [5.41, 5.74) is 2.90. The minimum atomic E-state index is -0.772. The number of nitrogens with one attached hydrogen (secondary N) is 3. The van der Waals surface area contributed by atoms with Gasteiger partial charge in [0, 0.05) is 0 Å². The van der Waals surface area contributed by atoms with Crippen molar-refractivity contribution in [2.75, 3.05) is 5.43 Å². The van der Waals surface area contributed by atoms with Crippen molar-refractivity contribution in [2.45, 2.75) is 6.92 Å². The Labute approximate surface area is 107 Å². The lowest BCUT2D eigenvalue weighted by Crippen LogP contribution is -2.25. The summed E-state index contributed by atoms with van der Waals surface area (Å²) in [5, 5.41) is 13.3. The molecular weight excluding hydrogens is 248 g/mol. The maximum Gasteiger partial charge on any atom is 0.328 e. The van der Waals surface area contributed by atoms with Gasteiger partial charge in [0.1, 0.15) is 5.56 Å². The summed E-state index contributed by atoms with van der Waals surface area (Å²) in [6.45, 7) is 1.90. The van der Waals surface area contributed by atoms with Crippen LogP contribution in [0.25, 0.3) is 0 Å². The Morgan fingerprint density at radius 3 is 2.68 bits per heavy atom. The highest BCUT2D eigenvalue weighted by molar-refractivity contribution is 5.82. The largest absolute Gasteiger partial charge is 0.494 e. The van der Waals surface area contributed by atoms with E-state index < -0.39 is 17.1 Å². The highest BCUT2D eigenvalue weighted by Gasteiger charge is 2.05. The molecule has 0 spiro atoms. The molecule has 7 heteroatoms. The Morgan fingerprint density at radius 1 is 1.26 bits per heavy atom. The molecule has 2 rings (SSSR count). The van der Waals surface area contributed by atoms with E-state index in [9.17, 15) is 14.7 Å². The predicted octanol–water partition coefficient (Wildman–Crippen LogP) is 0.523. The molecule has 0 atom stereocenters. The van der Waals surface area contributed by atoms with Crippen molar-refractivity contribution in [2.24, 2.45) is 5.10 Å². The summed E-state index contributed by atoms with van der Waals surface area (Å²) in [6, 6.07) is 7.46. The van der Waals surface area contributed by atoms with Crippen molar-refractivity contribution in [1.82, 2.24) is 9.97 Å². The van der Waals surface area contributed by atoms with Crippen LogP contribution in [0, 0.1) is 6.92 Å². The standard InChI is InChI=1S/C12H12N4O3/c1-7-4-2-3-5-9(7)16-13-6-8-10(17)14-12(19)15-11(8)18/h2-6,16H,1H3,(H3,14,15,17,18,19)/b13-6+. The van der Waals surface area contributed by atoms with E-state index in [2.05, 4.69) is 15.5 Å². The molecule has 7 nitrogen and oxygen atoms in total. The molecule has 98 valence electrons. The number of benzene rings is 1. The van der Waals surface area contributed by atoms with E-state index in [-0.39, 0.29) is 5.56 Å². The van der Waals surface area contributed by atoms with Crippen LogP contribution in [0.4, 0.5) is 5.69 Å². The molecule has 0 aliphatic carbocycles. The molecule has 4 N–H and O–H groups in total. The number of aryl methyl sites for hydroxylation is 1. The van der Waals surface area contributed by atoms with Crippen LogP contribution in [-0.2, 0) is 0 Å². The number of aromatic amines is 2. The van der Waals surface area contributed by atoms with Gasteiger partial charge in [-0.15, -0.1) is 0 Å². The Hall–Kier alpha value is -2.83. The van der Waals surface area contributed by atoms with Gasteiger partial charge in [0.15, 0.2) is 0 Å². The van der Waals surface area contributed by atoms with Gasteiger partial charge >= 0.3 is 5.69 Å². The monoisotopic (exact) mass is 260 g/mol. The maximum atomic E-state index is 11.4. The first-order valence-electron chi connectivity index (χ1n) is 5.48. The van der Waals surface area contributed by atoms with Gasteiger partial charge in [0.05, 0.1) is 11.9 Å². The van der Waals surface area contributed by atoms with E-state index >= 15 is 0 Å². The molecule has 0 saturated heterocycles. The van der Waals surface area contributed by atoms with E-state index in [1.165, 1.54) is 0 Å². The second-order valence-corrected chi connectivity index (χ2v) is 3.86. The molecule has 0 unspecified atom stereocenters. The molecule has 0 aliphatic rings. The molecule has 1 aromatic heterocycles. The molecule has 0 amide bonds. The van der Waals surface area contributed by atoms with Crippen molar-refractivity contribution in [3.05, 3.63) is 56.2 Å². The number of aromatic hydroxyl groups is 1. The zero-order valence-electron chi connectivity index (χ0n) is 10.1. The quantitative estimate of drug-likeness (QED) is 0.476. The molecule has 1 aromatic carbocycles. The zero-order chi connectivity index (χ0) is 13.8. The highest BCUT2D eigenvalue weighted by Crippen LogP contribution is 2.12. The van der Waals surface area contributed by atoms with Gasteiger partial charge in [-0.25, -0.2) is 4.79 Å². The Bertz CT molecular complexity index is 730.